The molecule has 0 radical (unpaired) electrons. The number of ether oxygens (including phenoxy) is 1. The van der Waals surface area contributed by atoms with Gasteiger partial charge in [-0.1, -0.05) is 64.0 Å². The Balaban J connectivity index is 3.22. The summed E-state index contributed by atoms with van der Waals surface area (Å²) in [4.78, 5) is 11.5. The number of allylic oxidation sites excluding steroid dienone is 2. The third-order valence-corrected chi connectivity index (χ3v) is 4.61. The second-order valence-electron chi connectivity index (χ2n) is 7.16. The van der Waals surface area contributed by atoms with Crippen molar-refractivity contribution in [3.8, 4) is 0 Å². The maximum atomic E-state index is 11.5. The van der Waals surface area contributed by atoms with Gasteiger partial charge in [0.25, 0.3) is 0 Å². The molecule has 0 aliphatic carbocycles. The standard InChI is InChI=1S/C22H42O4/c1-2-21(24)20-26-22(25)18-16-14-12-10-8-6-4-3-5-7-9-11-13-15-17-19-23/h3-4,21,23-24H,2,5-20H2,1H3/b4-3-. The summed E-state index contributed by atoms with van der Waals surface area (Å²) >= 11 is 0. The number of hydrogen-bond acceptors (Lipinski definition) is 4. The maximum absolute atomic E-state index is 11.5. The predicted molar refractivity (Wildman–Crippen MR) is 108 cm³/mol. The molecule has 0 spiro atoms. The molecule has 2 N–H and O–H groups in total. The van der Waals surface area contributed by atoms with Crippen LogP contribution < -0.4 is 0 Å². The number of esters is 1. The van der Waals surface area contributed by atoms with Gasteiger partial charge in [0, 0.05) is 13.0 Å². The molecule has 0 aliphatic rings. The SMILES string of the molecule is CCC(O)COC(=O)CCCCCCC/C=C\CCCCCCCCO. The third-order valence-electron chi connectivity index (χ3n) is 4.61. The molecule has 1 unspecified atom stereocenters. The summed E-state index contributed by atoms with van der Waals surface area (Å²) in [6.07, 6.45) is 20.4. The summed E-state index contributed by atoms with van der Waals surface area (Å²) in [7, 11) is 0. The van der Waals surface area contributed by atoms with Crippen LogP contribution in [0.2, 0.25) is 0 Å². The molecular weight excluding hydrogens is 328 g/mol. The molecule has 26 heavy (non-hydrogen) atoms. The Morgan fingerprint density at radius 1 is 0.846 bits per heavy atom. The van der Waals surface area contributed by atoms with Crippen LogP contribution in [0.25, 0.3) is 0 Å². The molecule has 0 saturated heterocycles. The van der Waals surface area contributed by atoms with Crippen LogP contribution in [0, 0.1) is 0 Å². The number of aliphatic hydroxyl groups excluding tert-OH is 2. The Kier molecular flexibility index (Phi) is 19.8. The smallest absolute Gasteiger partial charge is 0.305 e. The van der Waals surface area contributed by atoms with Crippen molar-refractivity contribution in [2.24, 2.45) is 0 Å². The second kappa shape index (κ2) is 20.4. The van der Waals surface area contributed by atoms with Gasteiger partial charge in [0.1, 0.15) is 6.61 Å². The molecule has 0 aromatic heterocycles. The Morgan fingerprint density at radius 2 is 1.35 bits per heavy atom. The first-order valence-electron chi connectivity index (χ1n) is 10.8. The highest BCUT2D eigenvalue weighted by Crippen LogP contribution is 2.10. The van der Waals surface area contributed by atoms with Crippen molar-refractivity contribution in [1.82, 2.24) is 0 Å². The van der Waals surface area contributed by atoms with Crippen molar-refractivity contribution >= 4 is 5.97 Å². The monoisotopic (exact) mass is 370 g/mol. The molecule has 0 fully saturated rings. The van der Waals surface area contributed by atoms with Crippen LogP contribution in [0.1, 0.15) is 103 Å². The maximum Gasteiger partial charge on any atom is 0.305 e. The van der Waals surface area contributed by atoms with Crippen molar-refractivity contribution < 1.29 is 19.7 Å². The molecule has 0 aromatic rings. The molecule has 0 aromatic carbocycles. The van der Waals surface area contributed by atoms with Crippen LogP contribution in [-0.2, 0) is 9.53 Å². The van der Waals surface area contributed by atoms with E-state index in [1.165, 1.54) is 51.4 Å². The minimum atomic E-state index is -0.524. The van der Waals surface area contributed by atoms with Gasteiger partial charge in [-0.05, 0) is 44.9 Å². The molecule has 4 nitrogen and oxygen atoms in total. The molecule has 4 heteroatoms. The van der Waals surface area contributed by atoms with Gasteiger partial charge in [-0.15, -0.1) is 0 Å². The molecule has 154 valence electrons. The molecule has 0 heterocycles. The minimum absolute atomic E-state index is 0.130. The largest absolute Gasteiger partial charge is 0.463 e. The van der Waals surface area contributed by atoms with Gasteiger partial charge < -0.3 is 14.9 Å². The fourth-order valence-corrected chi connectivity index (χ4v) is 2.76. The van der Waals surface area contributed by atoms with Crippen LogP contribution in [0.4, 0.5) is 0 Å². The Hall–Kier alpha value is -0.870. The van der Waals surface area contributed by atoms with Gasteiger partial charge >= 0.3 is 5.97 Å². The van der Waals surface area contributed by atoms with Crippen LogP contribution in [-0.4, -0.2) is 35.5 Å². The van der Waals surface area contributed by atoms with Gasteiger partial charge in [0.2, 0.25) is 0 Å². The summed E-state index contributed by atoms with van der Waals surface area (Å²) in [6.45, 7) is 2.33. The Morgan fingerprint density at radius 3 is 1.88 bits per heavy atom. The van der Waals surface area contributed by atoms with E-state index in [1.54, 1.807) is 0 Å². The van der Waals surface area contributed by atoms with Crippen molar-refractivity contribution in [3.05, 3.63) is 12.2 Å². The van der Waals surface area contributed by atoms with Gasteiger partial charge in [-0.2, -0.15) is 0 Å². The summed E-state index contributed by atoms with van der Waals surface area (Å²) in [5.41, 5.74) is 0. The highest BCUT2D eigenvalue weighted by molar-refractivity contribution is 5.69. The zero-order valence-corrected chi connectivity index (χ0v) is 17.0. The third kappa shape index (κ3) is 19.5. The van der Waals surface area contributed by atoms with E-state index < -0.39 is 6.10 Å². The molecule has 0 saturated carbocycles. The molecule has 0 bridgehead atoms. The highest BCUT2D eigenvalue weighted by Gasteiger charge is 2.06. The fraction of sp³-hybridized carbons (Fsp3) is 0.864. The number of hydrogen-bond donors (Lipinski definition) is 2. The van der Waals surface area contributed by atoms with Crippen LogP contribution in [0.5, 0.6) is 0 Å². The fourth-order valence-electron chi connectivity index (χ4n) is 2.76. The first-order chi connectivity index (χ1) is 12.7. The molecule has 1 atom stereocenters. The Bertz CT molecular complexity index is 328. The Labute approximate surface area is 161 Å². The van der Waals surface area contributed by atoms with Gasteiger partial charge in [-0.3, -0.25) is 4.79 Å². The van der Waals surface area contributed by atoms with E-state index in [1.807, 2.05) is 6.92 Å². The normalized spacial score (nSPS) is 12.6. The summed E-state index contributed by atoms with van der Waals surface area (Å²) in [5, 5.41) is 18.0. The number of carbonyl (C=O) groups is 1. The molecule has 0 rings (SSSR count). The predicted octanol–water partition coefficient (Wildman–Crippen LogP) is 5.31. The lowest BCUT2D eigenvalue weighted by atomic mass is 10.1. The number of carbonyl (C=O) groups excluding carboxylic acids is 1. The minimum Gasteiger partial charge on any atom is -0.463 e. The van der Waals surface area contributed by atoms with Gasteiger partial charge in [0.05, 0.1) is 6.10 Å². The van der Waals surface area contributed by atoms with Crippen molar-refractivity contribution in [2.75, 3.05) is 13.2 Å². The van der Waals surface area contributed by atoms with E-state index in [4.69, 9.17) is 9.84 Å². The zero-order valence-electron chi connectivity index (χ0n) is 17.0. The van der Waals surface area contributed by atoms with Crippen LogP contribution >= 0.6 is 0 Å². The van der Waals surface area contributed by atoms with E-state index in [-0.39, 0.29) is 12.6 Å². The first-order valence-corrected chi connectivity index (χ1v) is 10.8. The second-order valence-corrected chi connectivity index (χ2v) is 7.16. The number of unbranched alkanes of at least 4 members (excludes halogenated alkanes) is 11. The average molecular weight is 371 g/mol. The summed E-state index contributed by atoms with van der Waals surface area (Å²) < 4.78 is 5.01. The van der Waals surface area contributed by atoms with Gasteiger partial charge in [0.15, 0.2) is 0 Å². The number of rotatable bonds is 19. The molecule has 0 amide bonds. The quantitative estimate of drug-likeness (QED) is 0.184. The average Bonchev–Trinajstić information content (AvgIpc) is 2.65. The van der Waals surface area contributed by atoms with Gasteiger partial charge in [-0.25, -0.2) is 0 Å². The lowest BCUT2D eigenvalue weighted by molar-refractivity contribution is -0.146. The van der Waals surface area contributed by atoms with E-state index in [9.17, 15) is 9.90 Å². The lowest BCUT2D eigenvalue weighted by Crippen LogP contribution is -2.17. The lowest BCUT2D eigenvalue weighted by Gasteiger charge is -2.08. The zero-order chi connectivity index (χ0) is 19.3. The molecule has 0 aliphatic heterocycles. The molecular formula is C22H42O4. The van der Waals surface area contributed by atoms with Crippen LogP contribution in [0.15, 0.2) is 12.2 Å². The topological polar surface area (TPSA) is 66.8 Å². The van der Waals surface area contributed by atoms with Crippen LogP contribution in [0.3, 0.4) is 0 Å². The van der Waals surface area contributed by atoms with E-state index in [0.717, 1.165) is 32.1 Å². The summed E-state index contributed by atoms with van der Waals surface area (Å²) in [6, 6.07) is 0. The summed E-state index contributed by atoms with van der Waals surface area (Å²) in [5.74, 6) is -0.186. The van der Waals surface area contributed by atoms with E-state index in [2.05, 4.69) is 12.2 Å². The van der Waals surface area contributed by atoms with E-state index in [0.29, 0.717) is 19.4 Å². The number of aliphatic hydroxyl groups is 2. The van der Waals surface area contributed by atoms with E-state index >= 15 is 0 Å². The van der Waals surface area contributed by atoms with Crippen molar-refractivity contribution in [2.45, 2.75) is 109 Å². The van der Waals surface area contributed by atoms with Crippen molar-refractivity contribution in [1.29, 1.82) is 0 Å². The van der Waals surface area contributed by atoms with Crippen molar-refractivity contribution in [3.63, 3.8) is 0 Å². The highest BCUT2D eigenvalue weighted by atomic mass is 16.5. The first kappa shape index (κ1) is 25.1.